The van der Waals surface area contributed by atoms with Gasteiger partial charge < -0.3 is 0 Å². The molecule has 0 radical (unpaired) electrons. The van der Waals surface area contributed by atoms with Crippen LogP contribution >= 0.6 is 11.6 Å². The molecule has 0 heterocycles. The van der Waals surface area contributed by atoms with E-state index in [1.165, 1.54) is 11.1 Å². The van der Waals surface area contributed by atoms with Crippen LogP contribution < -0.4 is 0 Å². The lowest BCUT2D eigenvalue weighted by atomic mass is 10.1. The zero-order valence-electron chi connectivity index (χ0n) is 12.5. The summed E-state index contributed by atoms with van der Waals surface area (Å²) in [5.41, 5.74) is 2.68. The predicted octanol–water partition coefficient (Wildman–Crippen LogP) is 5.60. The van der Waals surface area contributed by atoms with E-state index in [0.29, 0.717) is 0 Å². The van der Waals surface area contributed by atoms with E-state index in [4.69, 9.17) is 11.6 Å². The van der Waals surface area contributed by atoms with Gasteiger partial charge in [0, 0.05) is 0 Å². The molecule has 1 atom stereocenters. The van der Waals surface area contributed by atoms with Crippen molar-refractivity contribution in [1.82, 2.24) is 0 Å². The maximum atomic E-state index is 10.9. The molecule has 0 aliphatic carbocycles. The Bertz CT molecular complexity index is 339. The van der Waals surface area contributed by atoms with Crippen LogP contribution in [0.3, 0.4) is 0 Å². The molecule has 2 heteroatoms. The number of alkyl halides is 1. The molecule has 19 heavy (non-hydrogen) atoms. The summed E-state index contributed by atoms with van der Waals surface area (Å²) in [6.45, 7) is 9.69. The summed E-state index contributed by atoms with van der Waals surface area (Å²) in [5.74, 6) is 0.0614. The van der Waals surface area contributed by atoms with Crippen molar-refractivity contribution in [1.29, 1.82) is 0 Å². The van der Waals surface area contributed by atoms with Gasteiger partial charge in [0.05, 0.1) is 5.38 Å². The molecule has 0 fully saturated rings. The normalized spacial score (nSPS) is 13.8. The number of hydrogen-bond donors (Lipinski definition) is 0. The molecular formula is C17H27ClO. The molecular weight excluding hydrogens is 256 g/mol. The van der Waals surface area contributed by atoms with E-state index >= 15 is 0 Å². The van der Waals surface area contributed by atoms with Gasteiger partial charge in [0.2, 0.25) is 0 Å². The SMILES string of the molecule is C=C(C)CC/C=C(\C)CC/C=C/CCC(Cl)C(C)=O. The summed E-state index contributed by atoms with van der Waals surface area (Å²) < 4.78 is 0. The summed E-state index contributed by atoms with van der Waals surface area (Å²) >= 11 is 5.86. The predicted molar refractivity (Wildman–Crippen MR) is 85.7 cm³/mol. The summed E-state index contributed by atoms with van der Waals surface area (Å²) in [5, 5.41) is -0.326. The number of ketones is 1. The van der Waals surface area contributed by atoms with Crippen LogP contribution in [0, 0.1) is 0 Å². The largest absolute Gasteiger partial charge is 0.298 e. The van der Waals surface area contributed by atoms with Crippen LogP contribution in [0.1, 0.15) is 59.3 Å². The molecule has 0 spiro atoms. The number of hydrogen-bond acceptors (Lipinski definition) is 1. The molecule has 0 amide bonds. The van der Waals surface area contributed by atoms with Gasteiger partial charge in [-0.15, -0.1) is 18.2 Å². The first-order chi connectivity index (χ1) is 8.93. The topological polar surface area (TPSA) is 17.1 Å². The Morgan fingerprint density at radius 2 is 1.74 bits per heavy atom. The minimum atomic E-state index is -0.326. The first kappa shape index (κ1) is 18.2. The van der Waals surface area contributed by atoms with E-state index in [1.807, 2.05) is 0 Å². The number of allylic oxidation sites excluding steroid dienone is 5. The van der Waals surface area contributed by atoms with Crippen LogP contribution in [0.4, 0.5) is 0 Å². The average Bonchev–Trinajstić information content (AvgIpc) is 2.32. The lowest BCUT2D eigenvalue weighted by Crippen LogP contribution is -2.08. The molecule has 0 aliphatic heterocycles. The molecule has 0 rings (SSSR count). The smallest absolute Gasteiger partial charge is 0.147 e. The van der Waals surface area contributed by atoms with E-state index in [9.17, 15) is 4.79 Å². The highest BCUT2D eigenvalue weighted by Gasteiger charge is 2.07. The minimum Gasteiger partial charge on any atom is -0.298 e. The molecule has 0 aromatic carbocycles. The monoisotopic (exact) mass is 282 g/mol. The Morgan fingerprint density at radius 3 is 2.32 bits per heavy atom. The third-order valence-corrected chi connectivity index (χ3v) is 3.49. The Balaban J connectivity index is 3.66. The molecule has 0 aliphatic rings. The Morgan fingerprint density at radius 1 is 1.11 bits per heavy atom. The Hall–Kier alpha value is -0.820. The van der Waals surface area contributed by atoms with Crippen molar-refractivity contribution < 1.29 is 4.79 Å². The summed E-state index contributed by atoms with van der Waals surface area (Å²) in [4.78, 5) is 10.9. The quantitative estimate of drug-likeness (QED) is 0.376. The minimum absolute atomic E-state index is 0.0614. The van der Waals surface area contributed by atoms with Gasteiger partial charge in [-0.05, 0) is 59.3 Å². The standard InChI is InChI=1S/C17H27ClO/c1-14(2)10-9-12-15(3)11-7-5-6-8-13-17(18)16(4)19/h5-6,12,17H,1,7-11,13H2,2-4H3/b6-5+,15-12+. The summed E-state index contributed by atoms with van der Waals surface area (Å²) in [6.07, 6.45) is 12.6. The zero-order chi connectivity index (χ0) is 14.7. The second-order valence-electron chi connectivity index (χ2n) is 5.21. The molecule has 108 valence electrons. The lowest BCUT2D eigenvalue weighted by molar-refractivity contribution is -0.116. The molecule has 1 unspecified atom stereocenters. The molecule has 0 aromatic rings. The molecule has 0 aromatic heterocycles. The number of halogens is 1. The van der Waals surface area contributed by atoms with E-state index in [2.05, 4.69) is 38.7 Å². The Labute approximate surface area is 123 Å². The second-order valence-corrected chi connectivity index (χ2v) is 5.74. The molecule has 0 saturated carbocycles. The van der Waals surface area contributed by atoms with Crippen LogP contribution in [-0.2, 0) is 4.79 Å². The van der Waals surface area contributed by atoms with E-state index in [1.54, 1.807) is 6.92 Å². The van der Waals surface area contributed by atoms with Crippen molar-refractivity contribution in [2.24, 2.45) is 0 Å². The van der Waals surface area contributed by atoms with Gasteiger partial charge >= 0.3 is 0 Å². The third-order valence-electron chi connectivity index (χ3n) is 2.96. The highest BCUT2D eigenvalue weighted by molar-refractivity contribution is 6.30. The van der Waals surface area contributed by atoms with Crippen molar-refractivity contribution in [3.63, 3.8) is 0 Å². The summed E-state index contributed by atoms with van der Waals surface area (Å²) in [7, 11) is 0. The van der Waals surface area contributed by atoms with Crippen LogP contribution in [0.15, 0.2) is 36.0 Å². The first-order valence-corrected chi connectivity index (χ1v) is 7.46. The number of Topliss-reactive ketones (excluding diaryl/α,β-unsaturated/α-hetero) is 1. The molecule has 1 nitrogen and oxygen atoms in total. The highest BCUT2D eigenvalue weighted by atomic mass is 35.5. The number of carbonyl (C=O) groups excluding carboxylic acids is 1. The van der Waals surface area contributed by atoms with Crippen molar-refractivity contribution in [2.75, 3.05) is 0 Å². The maximum Gasteiger partial charge on any atom is 0.147 e. The second kappa shape index (κ2) is 11.0. The van der Waals surface area contributed by atoms with Crippen molar-refractivity contribution in [2.45, 2.75) is 64.7 Å². The van der Waals surface area contributed by atoms with Gasteiger partial charge in [-0.1, -0.05) is 29.4 Å². The Kier molecular flexibility index (Phi) is 10.6. The molecule has 0 bridgehead atoms. The highest BCUT2D eigenvalue weighted by Crippen LogP contribution is 2.11. The van der Waals surface area contributed by atoms with Crippen molar-refractivity contribution in [3.8, 4) is 0 Å². The first-order valence-electron chi connectivity index (χ1n) is 7.03. The van der Waals surface area contributed by atoms with Crippen LogP contribution in [0.2, 0.25) is 0 Å². The van der Waals surface area contributed by atoms with Crippen molar-refractivity contribution >= 4 is 17.4 Å². The zero-order valence-corrected chi connectivity index (χ0v) is 13.3. The fraction of sp³-hybridized carbons (Fsp3) is 0.588. The van der Waals surface area contributed by atoms with Gasteiger partial charge in [0.15, 0.2) is 0 Å². The number of rotatable bonds is 10. The van der Waals surface area contributed by atoms with Gasteiger partial charge in [-0.2, -0.15) is 0 Å². The van der Waals surface area contributed by atoms with Gasteiger partial charge in [0.25, 0.3) is 0 Å². The van der Waals surface area contributed by atoms with Gasteiger partial charge in [-0.25, -0.2) is 0 Å². The van der Waals surface area contributed by atoms with Crippen LogP contribution in [0.25, 0.3) is 0 Å². The molecule has 0 saturated heterocycles. The van der Waals surface area contributed by atoms with Gasteiger partial charge in [-0.3, -0.25) is 4.79 Å². The third kappa shape index (κ3) is 12.0. The van der Waals surface area contributed by atoms with Crippen LogP contribution in [-0.4, -0.2) is 11.2 Å². The van der Waals surface area contributed by atoms with Gasteiger partial charge in [0.1, 0.15) is 5.78 Å². The number of carbonyl (C=O) groups is 1. The van der Waals surface area contributed by atoms with Crippen LogP contribution in [0.5, 0.6) is 0 Å². The van der Waals surface area contributed by atoms with Crippen molar-refractivity contribution in [3.05, 3.63) is 36.0 Å². The fourth-order valence-electron chi connectivity index (χ4n) is 1.66. The fourth-order valence-corrected chi connectivity index (χ4v) is 1.79. The van der Waals surface area contributed by atoms with E-state index in [0.717, 1.165) is 38.5 Å². The average molecular weight is 283 g/mol. The lowest BCUT2D eigenvalue weighted by Gasteiger charge is -2.01. The van der Waals surface area contributed by atoms with E-state index in [-0.39, 0.29) is 11.2 Å². The summed E-state index contributed by atoms with van der Waals surface area (Å²) in [6, 6.07) is 0. The molecule has 0 N–H and O–H groups in total. The van der Waals surface area contributed by atoms with E-state index < -0.39 is 0 Å². The maximum absolute atomic E-state index is 10.9.